The van der Waals surface area contributed by atoms with Crippen LogP contribution >= 0.6 is 0 Å². The molecule has 4 aromatic carbocycles. The molecule has 1 saturated heterocycles. The van der Waals surface area contributed by atoms with E-state index in [1.807, 2.05) is 18.2 Å². The first-order chi connectivity index (χ1) is 36.3. The molecule has 406 valence electrons. The maximum Gasteiger partial charge on any atom is 0.408 e. The molecule has 2 aliphatic carbocycles. The summed E-state index contributed by atoms with van der Waals surface area (Å²) in [6.45, 7) is 3.97. The highest BCUT2D eigenvalue weighted by Crippen LogP contribution is 2.52. The van der Waals surface area contributed by atoms with E-state index in [1.54, 1.807) is 50.2 Å². The molecule has 6 unspecified atom stereocenters. The van der Waals surface area contributed by atoms with Gasteiger partial charge in [0, 0.05) is 41.6 Å². The molecule has 1 fully saturated rings. The van der Waals surface area contributed by atoms with Gasteiger partial charge in [0.2, 0.25) is 17.6 Å². The Labute approximate surface area is 437 Å². The second kappa shape index (κ2) is 24.5. The number of Topliss-reactive ketones (excluding diaryl/α,β-unsaturated/α-hetero) is 1. The van der Waals surface area contributed by atoms with Crippen LogP contribution in [0, 0.1) is 5.92 Å². The number of phenols is 2. The fourth-order valence-electron chi connectivity index (χ4n) is 9.56. The quantitative estimate of drug-likeness (QED) is 0.0394. The van der Waals surface area contributed by atoms with Crippen LogP contribution in [0.5, 0.6) is 17.2 Å². The average Bonchev–Trinajstić information content (AvgIpc) is 3.48. The Kier molecular flexibility index (Phi) is 18.1. The Bertz CT molecular complexity index is 2830. The van der Waals surface area contributed by atoms with Crippen molar-refractivity contribution < 1.29 is 82.8 Å². The van der Waals surface area contributed by atoms with Gasteiger partial charge in [0.05, 0.1) is 42.0 Å². The van der Waals surface area contributed by atoms with E-state index < -0.39 is 132 Å². The first-order valence-corrected chi connectivity index (χ1v) is 24.8. The molecule has 0 bridgehead atoms. The van der Waals surface area contributed by atoms with Gasteiger partial charge in [0.15, 0.2) is 17.9 Å². The lowest BCUT2D eigenvalue weighted by atomic mass is 9.72. The molecule has 8 atom stereocenters. The second-order valence-electron chi connectivity index (χ2n) is 19.3. The van der Waals surface area contributed by atoms with E-state index in [0.29, 0.717) is 30.6 Å². The molecule has 3 aliphatic rings. The number of hydrogen-bond donors (Lipinski definition) is 10. The summed E-state index contributed by atoms with van der Waals surface area (Å²) >= 11 is 0. The third-order valence-corrected chi connectivity index (χ3v) is 13.7. The number of unbranched alkanes of at least 4 members (excludes halogenated alkanes) is 1. The number of nitrogens with two attached hydrogens (primary N) is 1. The second-order valence-corrected chi connectivity index (χ2v) is 19.3. The van der Waals surface area contributed by atoms with E-state index in [-0.39, 0.29) is 60.0 Å². The fraction of sp³-hybridized carbons (Fsp3) is 0.426. The van der Waals surface area contributed by atoms with Crippen molar-refractivity contribution in [3.05, 3.63) is 117 Å². The monoisotopic (exact) mass is 1050 g/mol. The molecular weight excluding hydrogens is 991 g/mol. The maximum absolute atomic E-state index is 14.1. The molecule has 0 aromatic heterocycles. The standard InChI is InChI=1S/C54H63N5O17/c1-27(2)44(59-53(70)74-25-29-11-6-5-7-12-29)51(68)57-34(14-8-9-20-55)50(67)56-31-18-16-30(17-19-31)26-73-52(69)58-35-21-39(75-28(3)45(35)62)76-37-23-54(71,38(61)24-60)22-33-41(37)49(66)43-42(47(33)64)46(63)32-13-10-15-36(72-4)40(32)48(43)65/h5-7,10-13,15-19,27-28,34-35,37,39,44-45,60,62,64,66,71H,8-9,14,20-26,55H2,1-4H3,(H,56,67)(H,57,68)(H,58,69)(H,59,70)/t28?,34?,35?,37?,39?,44-,45?,54-/m0/s1. The molecule has 22 heteroatoms. The van der Waals surface area contributed by atoms with Crippen LogP contribution in [0.15, 0.2) is 72.8 Å². The third kappa shape index (κ3) is 12.4. The number of methoxy groups -OCH3 is 1. The molecule has 22 nitrogen and oxygen atoms in total. The van der Waals surface area contributed by atoms with Crippen molar-refractivity contribution in [1.29, 1.82) is 0 Å². The number of aromatic hydroxyl groups is 2. The van der Waals surface area contributed by atoms with E-state index in [9.17, 15) is 59.1 Å². The highest BCUT2D eigenvalue weighted by Gasteiger charge is 2.50. The van der Waals surface area contributed by atoms with E-state index in [1.165, 1.54) is 32.2 Å². The summed E-state index contributed by atoms with van der Waals surface area (Å²) in [5, 5.41) is 66.9. The molecule has 7 rings (SSSR count). The normalized spacial score (nSPS) is 21.5. The Balaban J connectivity index is 0.983. The highest BCUT2D eigenvalue weighted by atomic mass is 16.7. The summed E-state index contributed by atoms with van der Waals surface area (Å²) in [7, 11) is 1.29. The minimum atomic E-state index is -2.40. The van der Waals surface area contributed by atoms with Crippen molar-refractivity contribution >= 4 is 47.0 Å². The molecular formula is C54H63N5O17. The van der Waals surface area contributed by atoms with Gasteiger partial charge in [0.25, 0.3) is 0 Å². The van der Waals surface area contributed by atoms with Crippen molar-refractivity contribution in [1.82, 2.24) is 16.0 Å². The number of amides is 4. The Morgan fingerprint density at radius 2 is 1.50 bits per heavy atom. The first-order valence-electron chi connectivity index (χ1n) is 24.8. The van der Waals surface area contributed by atoms with Crippen LogP contribution in [0.3, 0.4) is 0 Å². The predicted molar refractivity (Wildman–Crippen MR) is 269 cm³/mol. The first kappa shape index (κ1) is 56.3. The number of aliphatic hydroxyl groups excluding tert-OH is 2. The number of rotatable bonds is 20. The van der Waals surface area contributed by atoms with Crippen molar-refractivity contribution in [2.75, 3.05) is 25.6 Å². The molecule has 0 saturated carbocycles. The van der Waals surface area contributed by atoms with E-state index in [0.717, 1.165) is 5.56 Å². The van der Waals surface area contributed by atoms with Crippen molar-refractivity contribution in [2.45, 2.75) is 121 Å². The minimum Gasteiger partial charge on any atom is -0.507 e. The van der Waals surface area contributed by atoms with Gasteiger partial charge in [-0.3, -0.25) is 24.0 Å². The molecule has 1 heterocycles. The van der Waals surface area contributed by atoms with Crippen LogP contribution in [-0.2, 0) is 53.0 Å². The van der Waals surface area contributed by atoms with Crippen LogP contribution < -0.4 is 31.7 Å². The van der Waals surface area contributed by atoms with Gasteiger partial charge < -0.3 is 76.2 Å². The number of alkyl carbamates (subject to hydrolysis) is 2. The number of hydrogen-bond acceptors (Lipinski definition) is 18. The van der Waals surface area contributed by atoms with Gasteiger partial charge in [-0.25, -0.2) is 9.59 Å². The number of aliphatic hydroxyl groups is 3. The predicted octanol–water partition coefficient (Wildman–Crippen LogP) is 3.47. The SMILES string of the molecule is COc1cccc2c1C(=O)c1c(O)c3c(c(O)c1C2=O)C[C@@](O)(C(=O)CO)CC3OC1CC(NC(=O)OCc2ccc(NC(=O)C(CCCCN)NC(=O)[C@@H](NC(=O)OCc3ccccc3)C(C)C)cc2)C(O)C(C)O1. The van der Waals surface area contributed by atoms with Gasteiger partial charge in [-0.1, -0.05) is 68.4 Å². The van der Waals surface area contributed by atoms with Crippen molar-refractivity contribution in [2.24, 2.45) is 11.7 Å². The van der Waals surface area contributed by atoms with Gasteiger partial charge in [0.1, 0.15) is 60.9 Å². The largest absolute Gasteiger partial charge is 0.507 e. The van der Waals surface area contributed by atoms with Gasteiger partial charge >= 0.3 is 12.2 Å². The summed E-state index contributed by atoms with van der Waals surface area (Å²) in [6.07, 6.45) is -7.17. The molecule has 4 amide bonds. The third-order valence-electron chi connectivity index (χ3n) is 13.7. The fourth-order valence-corrected chi connectivity index (χ4v) is 9.56. The molecule has 76 heavy (non-hydrogen) atoms. The zero-order valence-electron chi connectivity index (χ0n) is 42.3. The number of phenolic OH excluding ortho intramolecular Hbond substituents is 2. The van der Waals surface area contributed by atoms with E-state index in [2.05, 4.69) is 21.3 Å². The van der Waals surface area contributed by atoms with Gasteiger partial charge in [-0.05, 0) is 68.0 Å². The lowest BCUT2D eigenvalue weighted by molar-refractivity contribution is -0.249. The van der Waals surface area contributed by atoms with Crippen LogP contribution in [0.1, 0.15) is 113 Å². The highest BCUT2D eigenvalue weighted by molar-refractivity contribution is 6.31. The van der Waals surface area contributed by atoms with Crippen LogP contribution in [0.2, 0.25) is 0 Å². The summed E-state index contributed by atoms with van der Waals surface area (Å²) in [5.41, 5.74) is 2.99. The Morgan fingerprint density at radius 3 is 2.16 bits per heavy atom. The van der Waals surface area contributed by atoms with Crippen LogP contribution in [0.4, 0.5) is 15.3 Å². The lowest BCUT2D eigenvalue weighted by Crippen LogP contribution is -2.56. The summed E-state index contributed by atoms with van der Waals surface area (Å²) in [5.74, 6) is -5.75. The van der Waals surface area contributed by atoms with Crippen molar-refractivity contribution in [3.8, 4) is 17.2 Å². The minimum absolute atomic E-state index is 0.0000792. The van der Waals surface area contributed by atoms with Crippen LogP contribution in [-0.4, -0.2) is 129 Å². The molecule has 11 N–H and O–H groups in total. The maximum atomic E-state index is 14.1. The summed E-state index contributed by atoms with van der Waals surface area (Å²) in [6, 6.07) is 16.5. The molecule has 0 radical (unpaired) electrons. The number of carbonyl (C=O) groups is 7. The lowest BCUT2D eigenvalue weighted by Gasteiger charge is -2.42. The smallest absolute Gasteiger partial charge is 0.408 e. The van der Waals surface area contributed by atoms with Crippen molar-refractivity contribution in [3.63, 3.8) is 0 Å². The van der Waals surface area contributed by atoms with Crippen LogP contribution in [0.25, 0.3) is 0 Å². The summed E-state index contributed by atoms with van der Waals surface area (Å²) in [4.78, 5) is 94.0. The van der Waals surface area contributed by atoms with Gasteiger partial charge in [-0.2, -0.15) is 0 Å². The molecule has 1 aliphatic heterocycles. The average molecular weight is 1050 g/mol. The zero-order valence-corrected chi connectivity index (χ0v) is 42.3. The number of nitrogens with one attached hydrogen (secondary N) is 4. The molecule has 0 spiro atoms. The number of benzene rings is 4. The van der Waals surface area contributed by atoms with E-state index in [4.69, 9.17) is 29.4 Å². The summed E-state index contributed by atoms with van der Waals surface area (Å²) < 4.78 is 28.3. The number of ether oxygens (including phenoxy) is 5. The van der Waals surface area contributed by atoms with Gasteiger partial charge in [-0.15, -0.1) is 0 Å². The number of anilines is 1. The zero-order chi connectivity index (χ0) is 55.0. The Morgan fingerprint density at radius 1 is 0.829 bits per heavy atom. The number of ketones is 3. The number of fused-ring (bicyclic) bond motifs is 3. The Hall–Kier alpha value is -7.47. The number of carbonyl (C=O) groups excluding carboxylic acids is 7. The van der Waals surface area contributed by atoms with E-state index >= 15 is 0 Å². The molecule has 4 aromatic rings. The topological polar surface area (TPSA) is 341 Å².